The molecule has 4 nitrogen and oxygen atoms in total. The third kappa shape index (κ3) is 1.86. The van der Waals surface area contributed by atoms with Crippen LogP contribution >= 0.6 is 0 Å². The van der Waals surface area contributed by atoms with E-state index in [2.05, 4.69) is 17.4 Å². The van der Waals surface area contributed by atoms with Crippen molar-refractivity contribution in [2.45, 2.75) is 31.3 Å². The molecule has 2 atom stereocenters. The summed E-state index contributed by atoms with van der Waals surface area (Å²) in [5.41, 5.74) is 9.26. The zero-order chi connectivity index (χ0) is 12.7. The van der Waals surface area contributed by atoms with Gasteiger partial charge in [-0.1, -0.05) is 6.07 Å². The van der Waals surface area contributed by atoms with Crippen LogP contribution in [-0.4, -0.2) is 30.4 Å². The van der Waals surface area contributed by atoms with E-state index in [-0.39, 0.29) is 11.9 Å². The van der Waals surface area contributed by atoms with Crippen molar-refractivity contribution in [2.75, 3.05) is 19.3 Å². The van der Waals surface area contributed by atoms with Crippen LogP contribution in [0.4, 0.5) is 5.69 Å². The van der Waals surface area contributed by atoms with E-state index in [1.165, 1.54) is 11.1 Å². The number of likely N-dealkylation sites (tertiary alicyclic amines) is 1. The summed E-state index contributed by atoms with van der Waals surface area (Å²) >= 11 is 0. The molecule has 1 heterocycles. The van der Waals surface area contributed by atoms with Crippen LogP contribution in [-0.2, 0) is 11.2 Å². The van der Waals surface area contributed by atoms with Gasteiger partial charge in [-0.05, 0) is 42.5 Å². The summed E-state index contributed by atoms with van der Waals surface area (Å²) in [6.45, 7) is 0.859. The first kappa shape index (κ1) is 11.5. The molecule has 0 spiro atoms. The van der Waals surface area contributed by atoms with Crippen molar-refractivity contribution in [3.05, 3.63) is 29.3 Å². The molecule has 1 aliphatic heterocycles. The van der Waals surface area contributed by atoms with Crippen molar-refractivity contribution in [2.24, 2.45) is 0 Å². The maximum Gasteiger partial charge on any atom is 0.239 e. The predicted octanol–water partition coefficient (Wildman–Crippen LogP) is 1.08. The van der Waals surface area contributed by atoms with E-state index in [9.17, 15) is 4.79 Å². The Morgan fingerprint density at radius 2 is 2.17 bits per heavy atom. The summed E-state index contributed by atoms with van der Waals surface area (Å²) in [5.74, 6) is 0.221. The van der Waals surface area contributed by atoms with Crippen LogP contribution < -0.4 is 11.1 Å². The molecule has 1 saturated heterocycles. The minimum atomic E-state index is -0.0106. The summed E-state index contributed by atoms with van der Waals surface area (Å²) in [6.07, 6.45) is 3.03. The minimum Gasteiger partial charge on any atom is -0.399 e. The quantitative estimate of drug-likeness (QED) is 0.766. The van der Waals surface area contributed by atoms with Gasteiger partial charge < -0.3 is 10.6 Å². The van der Waals surface area contributed by atoms with E-state index in [0.717, 1.165) is 31.5 Å². The highest BCUT2D eigenvalue weighted by molar-refractivity contribution is 5.83. The fourth-order valence-corrected chi connectivity index (χ4v) is 3.03. The molecular formula is C14H19N3O. The van der Waals surface area contributed by atoms with Gasteiger partial charge in [0, 0.05) is 25.3 Å². The van der Waals surface area contributed by atoms with E-state index in [1.54, 1.807) is 4.90 Å². The Kier molecular flexibility index (Phi) is 2.74. The molecule has 0 saturated carbocycles. The van der Waals surface area contributed by atoms with Crippen LogP contribution in [0.1, 0.15) is 30.0 Å². The topological polar surface area (TPSA) is 58.4 Å². The molecule has 0 bridgehead atoms. The molecule has 1 aromatic carbocycles. The lowest BCUT2D eigenvalue weighted by atomic mass is 10.1. The number of amides is 1. The molecule has 96 valence electrons. The normalized spacial score (nSPS) is 26.7. The number of anilines is 1. The fraction of sp³-hybridized carbons (Fsp3) is 0.500. The van der Waals surface area contributed by atoms with Crippen LogP contribution in [0.5, 0.6) is 0 Å². The van der Waals surface area contributed by atoms with Crippen LogP contribution in [0.3, 0.4) is 0 Å². The molecule has 1 aromatic rings. The number of nitrogens with zero attached hydrogens (tertiary/aromatic N) is 1. The lowest BCUT2D eigenvalue weighted by Gasteiger charge is -2.19. The Morgan fingerprint density at radius 3 is 2.89 bits per heavy atom. The Balaban J connectivity index is 1.75. The van der Waals surface area contributed by atoms with Crippen LogP contribution in [0.15, 0.2) is 18.2 Å². The molecule has 2 unspecified atom stereocenters. The number of hydrogen-bond acceptors (Lipinski definition) is 3. The van der Waals surface area contributed by atoms with Crippen molar-refractivity contribution in [3.8, 4) is 0 Å². The summed E-state index contributed by atoms with van der Waals surface area (Å²) in [5, 5.41) is 3.50. The molecule has 0 radical (unpaired) electrons. The molecular weight excluding hydrogens is 226 g/mol. The van der Waals surface area contributed by atoms with Gasteiger partial charge in [0.2, 0.25) is 5.91 Å². The van der Waals surface area contributed by atoms with Crippen LogP contribution in [0.25, 0.3) is 0 Å². The van der Waals surface area contributed by atoms with Gasteiger partial charge in [-0.3, -0.25) is 10.1 Å². The van der Waals surface area contributed by atoms with E-state index >= 15 is 0 Å². The molecule has 2 aliphatic rings. The van der Waals surface area contributed by atoms with Gasteiger partial charge >= 0.3 is 0 Å². The molecule has 3 rings (SSSR count). The predicted molar refractivity (Wildman–Crippen MR) is 71.1 cm³/mol. The first-order chi connectivity index (χ1) is 8.65. The number of hydrogen-bond donors (Lipinski definition) is 2. The number of fused-ring (bicyclic) bond motifs is 1. The number of likely N-dealkylation sites (N-methyl/N-ethyl adjacent to an activating group) is 1. The van der Waals surface area contributed by atoms with E-state index in [1.807, 2.05) is 13.1 Å². The van der Waals surface area contributed by atoms with Crippen LogP contribution in [0, 0.1) is 0 Å². The van der Waals surface area contributed by atoms with Crippen molar-refractivity contribution < 1.29 is 4.79 Å². The number of nitrogens with one attached hydrogen (secondary N) is 1. The van der Waals surface area contributed by atoms with Crippen molar-refractivity contribution in [1.29, 1.82) is 0 Å². The summed E-state index contributed by atoms with van der Waals surface area (Å²) in [6, 6.07) is 6.39. The van der Waals surface area contributed by atoms with Gasteiger partial charge in [0.25, 0.3) is 0 Å². The maximum atomic E-state index is 11.9. The average Bonchev–Trinajstić information content (AvgIpc) is 2.88. The van der Waals surface area contributed by atoms with Crippen LogP contribution in [0.2, 0.25) is 0 Å². The monoisotopic (exact) mass is 245 g/mol. The number of carbonyl (C=O) groups is 1. The number of benzene rings is 1. The summed E-state index contributed by atoms with van der Waals surface area (Å²) < 4.78 is 0. The van der Waals surface area contributed by atoms with Gasteiger partial charge in [-0.15, -0.1) is 0 Å². The Bertz CT molecular complexity index is 486. The smallest absolute Gasteiger partial charge is 0.239 e. The number of carbonyl (C=O) groups excluding carboxylic acids is 1. The van der Waals surface area contributed by atoms with E-state index < -0.39 is 0 Å². The molecule has 1 aliphatic carbocycles. The van der Waals surface area contributed by atoms with Gasteiger partial charge in [-0.25, -0.2) is 0 Å². The van der Waals surface area contributed by atoms with Crippen molar-refractivity contribution >= 4 is 11.6 Å². The molecule has 0 aromatic heterocycles. The van der Waals surface area contributed by atoms with Gasteiger partial charge in [0.05, 0.1) is 6.04 Å². The highest BCUT2D eigenvalue weighted by Gasteiger charge is 2.33. The number of nitrogen functional groups attached to an aromatic ring is 1. The lowest BCUT2D eigenvalue weighted by molar-refractivity contribution is -0.128. The Hall–Kier alpha value is -1.55. The number of nitrogens with two attached hydrogens (primary N) is 1. The molecule has 3 N–H and O–H groups in total. The molecule has 1 fully saturated rings. The molecule has 18 heavy (non-hydrogen) atoms. The SMILES string of the molecule is CN1CCC(NC2CCc3cc(N)ccc32)C1=O. The largest absolute Gasteiger partial charge is 0.399 e. The highest BCUT2D eigenvalue weighted by Crippen LogP contribution is 2.33. The van der Waals surface area contributed by atoms with E-state index in [4.69, 9.17) is 5.73 Å². The van der Waals surface area contributed by atoms with Crippen molar-refractivity contribution in [3.63, 3.8) is 0 Å². The molecule has 1 amide bonds. The molecule has 4 heteroatoms. The minimum absolute atomic E-state index is 0.0106. The Morgan fingerprint density at radius 1 is 1.33 bits per heavy atom. The lowest BCUT2D eigenvalue weighted by Crippen LogP contribution is -2.38. The summed E-state index contributed by atoms with van der Waals surface area (Å²) in [7, 11) is 1.87. The Labute approximate surface area is 107 Å². The van der Waals surface area contributed by atoms with Gasteiger partial charge in [0.15, 0.2) is 0 Å². The first-order valence-electron chi connectivity index (χ1n) is 6.54. The van der Waals surface area contributed by atoms with E-state index in [0.29, 0.717) is 6.04 Å². The first-order valence-corrected chi connectivity index (χ1v) is 6.54. The fourth-order valence-electron chi connectivity index (χ4n) is 3.03. The standard InChI is InChI=1S/C14H19N3O/c1-17-7-6-13(14(17)18)16-12-5-2-9-8-10(15)3-4-11(9)12/h3-4,8,12-13,16H,2,5-7,15H2,1H3. The van der Waals surface area contributed by atoms with Gasteiger partial charge in [-0.2, -0.15) is 0 Å². The second-order valence-corrected chi connectivity index (χ2v) is 5.32. The second kappa shape index (κ2) is 4.28. The maximum absolute atomic E-state index is 11.9. The third-order valence-corrected chi connectivity index (χ3v) is 4.07. The number of rotatable bonds is 2. The van der Waals surface area contributed by atoms with Gasteiger partial charge in [0.1, 0.15) is 0 Å². The number of aryl methyl sites for hydroxylation is 1. The average molecular weight is 245 g/mol. The zero-order valence-corrected chi connectivity index (χ0v) is 10.6. The third-order valence-electron chi connectivity index (χ3n) is 4.07. The highest BCUT2D eigenvalue weighted by atomic mass is 16.2. The van der Waals surface area contributed by atoms with Crippen molar-refractivity contribution in [1.82, 2.24) is 10.2 Å². The summed E-state index contributed by atoms with van der Waals surface area (Å²) in [4.78, 5) is 13.7. The zero-order valence-electron chi connectivity index (χ0n) is 10.6. The second-order valence-electron chi connectivity index (χ2n) is 5.32.